The maximum atomic E-state index is 12.4. The van der Waals surface area contributed by atoms with E-state index in [1.807, 2.05) is 30.3 Å². The SMILES string of the molecule is CN(N=Cc1ccc(C(=O)NO)cc1)C(=O)c1cnc(-c2ccccc2)cn1. The summed E-state index contributed by atoms with van der Waals surface area (Å²) in [5, 5.41) is 13.8. The third kappa shape index (κ3) is 4.43. The van der Waals surface area contributed by atoms with Gasteiger partial charge >= 0.3 is 0 Å². The van der Waals surface area contributed by atoms with Gasteiger partial charge < -0.3 is 0 Å². The topological polar surface area (TPSA) is 108 Å². The first-order chi connectivity index (χ1) is 13.6. The standard InChI is InChI=1S/C20H17N5O3/c1-25(23-11-14-7-9-16(10-8-14)19(26)24-28)20(27)18-13-21-17(12-22-18)15-5-3-2-4-6-15/h2-13,28H,1H3,(H,24,26). The van der Waals surface area contributed by atoms with Crippen LogP contribution >= 0.6 is 0 Å². The number of carbonyl (C=O) groups excluding carboxylic acids is 2. The van der Waals surface area contributed by atoms with Gasteiger partial charge in [-0.3, -0.25) is 19.8 Å². The summed E-state index contributed by atoms with van der Waals surface area (Å²) in [4.78, 5) is 32.2. The fourth-order valence-corrected chi connectivity index (χ4v) is 2.35. The van der Waals surface area contributed by atoms with Crippen molar-refractivity contribution < 1.29 is 14.8 Å². The summed E-state index contributed by atoms with van der Waals surface area (Å²) >= 11 is 0. The summed E-state index contributed by atoms with van der Waals surface area (Å²) in [6, 6.07) is 15.9. The number of hydrazone groups is 1. The number of rotatable bonds is 5. The monoisotopic (exact) mass is 375 g/mol. The Labute approximate surface area is 161 Å². The predicted molar refractivity (Wildman–Crippen MR) is 103 cm³/mol. The molecule has 0 bridgehead atoms. The number of carbonyl (C=O) groups is 2. The Hall–Kier alpha value is -3.91. The summed E-state index contributed by atoms with van der Waals surface area (Å²) < 4.78 is 0. The number of hydroxylamine groups is 1. The van der Waals surface area contributed by atoms with E-state index >= 15 is 0 Å². The molecule has 0 spiro atoms. The molecule has 0 aliphatic heterocycles. The van der Waals surface area contributed by atoms with Crippen LogP contribution < -0.4 is 5.48 Å². The highest BCUT2D eigenvalue weighted by atomic mass is 16.5. The summed E-state index contributed by atoms with van der Waals surface area (Å²) in [7, 11) is 1.51. The highest BCUT2D eigenvalue weighted by Gasteiger charge is 2.13. The molecule has 140 valence electrons. The van der Waals surface area contributed by atoms with Crippen LogP contribution in [0.1, 0.15) is 26.4 Å². The maximum Gasteiger partial charge on any atom is 0.293 e. The van der Waals surface area contributed by atoms with Crippen molar-refractivity contribution in [1.29, 1.82) is 0 Å². The second kappa shape index (κ2) is 8.65. The highest BCUT2D eigenvalue weighted by molar-refractivity contribution is 5.95. The van der Waals surface area contributed by atoms with E-state index in [0.29, 0.717) is 16.8 Å². The number of benzene rings is 2. The van der Waals surface area contributed by atoms with Gasteiger partial charge in [-0.25, -0.2) is 15.5 Å². The Balaban J connectivity index is 1.67. The van der Waals surface area contributed by atoms with Gasteiger partial charge in [0.05, 0.1) is 24.3 Å². The van der Waals surface area contributed by atoms with Crippen molar-refractivity contribution in [3.8, 4) is 11.3 Å². The van der Waals surface area contributed by atoms with Crippen LogP contribution in [0.25, 0.3) is 11.3 Å². The van der Waals surface area contributed by atoms with E-state index in [9.17, 15) is 9.59 Å². The van der Waals surface area contributed by atoms with E-state index in [4.69, 9.17) is 5.21 Å². The quantitative estimate of drug-likeness (QED) is 0.404. The van der Waals surface area contributed by atoms with Crippen LogP contribution in [0.5, 0.6) is 0 Å². The van der Waals surface area contributed by atoms with Crippen LogP contribution in [-0.2, 0) is 0 Å². The van der Waals surface area contributed by atoms with E-state index in [-0.39, 0.29) is 5.69 Å². The molecule has 3 aromatic rings. The van der Waals surface area contributed by atoms with Gasteiger partial charge in [0.15, 0.2) is 0 Å². The van der Waals surface area contributed by atoms with Crippen LogP contribution in [0.4, 0.5) is 0 Å². The van der Waals surface area contributed by atoms with Gasteiger partial charge in [-0.05, 0) is 17.7 Å². The molecule has 3 rings (SSSR count). The average Bonchev–Trinajstić information content (AvgIpc) is 2.77. The minimum atomic E-state index is -0.603. The molecule has 28 heavy (non-hydrogen) atoms. The Kier molecular flexibility index (Phi) is 5.83. The minimum absolute atomic E-state index is 0.175. The zero-order valence-corrected chi connectivity index (χ0v) is 15.0. The van der Waals surface area contributed by atoms with Crippen molar-refractivity contribution in [3.05, 3.63) is 83.8 Å². The van der Waals surface area contributed by atoms with Gasteiger partial charge in [0, 0.05) is 18.2 Å². The van der Waals surface area contributed by atoms with Gasteiger partial charge in [0.1, 0.15) is 5.69 Å². The molecule has 2 aromatic carbocycles. The van der Waals surface area contributed by atoms with Crippen molar-refractivity contribution in [2.75, 3.05) is 7.05 Å². The van der Waals surface area contributed by atoms with Crippen molar-refractivity contribution in [2.24, 2.45) is 5.10 Å². The van der Waals surface area contributed by atoms with Crippen LogP contribution in [-0.4, -0.2) is 45.3 Å². The normalized spacial score (nSPS) is 10.6. The molecule has 0 saturated carbocycles. The number of amides is 2. The fraction of sp³-hybridized carbons (Fsp3) is 0.0500. The molecule has 8 heteroatoms. The molecular weight excluding hydrogens is 358 g/mol. The minimum Gasteiger partial charge on any atom is -0.288 e. The first-order valence-corrected chi connectivity index (χ1v) is 8.32. The molecule has 0 radical (unpaired) electrons. The lowest BCUT2D eigenvalue weighted by molar-refractivity contribution is 0.0706. The van der Waals surface area contributed by atoms with Crippen LogP contribution in [0.2, 0.25) is 0 Å². The van der Waals surface area contributed by atoms with Crippen molar-refractivity contribution in [1.82, 2.24) is 20.5 Å². The molecule has 2 amide bonds. The summed E-state index contributed by atoms with van der Waals surface area (Å²) in [6.45, 7) is 0. The first kappa shape index (κ1) is 18.9. The molecule has 0 fully saturated rings. The molecular formula is C20H17N5O3. The van der Waals surface area contributed by atoms with Gasteiger partial charge in [-0.15, -0.1) is 0 Å². The van der Waals surface area contributed by atoms with Crippen LogP contribution in [0.3, 0.4) is 0 Å². The van der Waals surface area contributed by atoms with Gasteiger partial charge in [0.25, 0.3) is 11.8 Å². The van der Waals surface area contributed by atoms with E-state index in [0.717, 1.165) is 10.6 Å². The molecule has 0 unspecified atom stereocenters. The number of hydrogen-bond donors (Lipinski definition) is 2. The molecule has 0 saturated heterocycles. The first-order valence-electron chi connectivity index (χ1n) is 8.32. The lowest BCUT2D eigenvalue weighted by Crippen LogP contribution is -2.22. The number of nitrogens with zero attached hydrogens (tertiary/aromatic N) is 4. The summed E-state index contributed by atoms with van der Waals surface area (Å²) in [6.07, 6.45) is 4.44. The summed E-state index contributed by atoms with van der Waals surface area (Å²) in [5.41, 5.74) is 4.31. The van der Waals surface area contributed by atoms with Crippen LogP contribution in [0.15, 0.2) is 72.1 Å². The third-order valence-electron chi connectivity index (χ3n) is 3.89. The Morgan fingerprint density at radius 1 is 1.04 bits per heavy atom. The lowest BCUT2D eigenvalue weighted by atomic mass is 10.1. The zero-order chi connectivity index (χ0) is 19.9. The van der Waals surface area contributed by atoms with E-state index < -0.39 is 11.8 Å². The van der Waals surface area contributed by atoms with Crippen molar-refractivity contribution in [3.63, 3.8) is 0 Å². The molecule has 0 aliphatic carbocycles. The smallest absolute Gasteiger partial charge is 0.288 e. The van der Waals surface area contributed by atoms with Gasteiger partial charge in [-0.1, -0.05) is 42.5 Å². The molecule has 0 aliphatic rings. The van der Waals surface area contributed by atoms with E-state index in [1.54, 1.807) is 23.8 Å². The molecule has 1 aromatic heterocycles. The average molecular weight is 375 g/mol. The second-order valence-electron chi connectivity index (χ2n) is 5.79. The number of hydrogen-bond acceptors (Lipinski definition) is 6. The number of aromatic nitrogens is 2. The Morgan fingerprint density at radius 3 is 2.36 bits per heavy atom. The van der Waals surface area contributed by atoms with Gasteiger partial charge in [-0.2, -0.15) is 5.10 Å². The largest absolute Gasteiger partial charge is 0.293 e. The zero-order valence-electron chi connectivity index (χ0n) is 15.0. The predicted octanol–water partition coefficient (Wildman–Crippen LogP) is 2.37. The molecule has 0 atom stereocenters. The lowest BCUT2D eigenvalue weighted by Gasteiger charge is -2.10. The molecule has 1 heterocycles. The molecule has 2 N–H and O–H groups in total. The van der Waals surface area contributed by atoms with Gasteiger partial charge in [0.2, 0.25) is 0 Å². The van der Waals surface area contributed by atoms with Crippen molar-refractivity contribution in [2.45, 2.75) is 0 Å². The second-order valence-corrected chi connectivity index (χ2v) is 5.79. The van der Waals surface area contributed by atoms with Crippen molar-refractivity contribution >= 4 is 18.0 Å². The third-order valence-corrected chi connectivity index (χ3v) is 3.89. The highest BCUT2D eigenvalue weighted by Crippen LogP contribution is 2.15. The van der Waals surface area contributed by atoms with E-state index in [2.05, 4.69) is 15.1 Å². The Bertz CT molecular complexity index is 987. The summed E-state index contributed by atoms with van der Waals surface area (Å²) in [5.74, 6) is -1.01. The van der Waals surface area contributed by atoms with E-state index in [1.165, 1.54) is 31.6 Å². The van der Waals surface area contributed by atoms with Crippen LogP contribution in [0, 0.1) is 0 Å². The molecule has 8 nitrogen and oxygen atoms in total. The number of nitrogens with one attached hydrogen (secondary N) is 1. The Morgan fingerprint density at radius 2 is 1.75 bits per heavy atom. The maximum absolute atomic E-state index is 12.4. The fourth-order valence-electron chi connectivity index (χ4n) is 2.35.